The van der Waals surface area contributed by atoms with Gasteiger partial charge in [-0.2, -0.15) is 0 Å². The van der Waals surface area contributed by atoms with Crippen LogP contribution in [0.4, 0.5) is 5.69 Å². The molecule has 3 aromatic carbocycles. The lowest BCUT2D eigenvalue weighted by Crippen LogP contribution is -2.32. The van der Waals surface area contributed by atoms with E-state index >= 15 is 0 Å². The molecule has 1 saturated carbocycles. The van der Waals surface area contributed by atoms with Crippen LogP contribution in [0.3, 0.4) is 0 Å². The van der Waals surface area contributed by atoms with Gasteiger partial charge in [-0.1, -0.05) is 36.4 Å². The van der Waals surface area contributed by atoms with Crippen LogP contribution in [0.25, 0.3) is 49.7 Å². The molecule has 3 aromatic heterocycles. The highest BCUT2D eigenvalue weighted by Gasteiger charge is 2.25. The summed E-state index contributed by atoms with van der Waals surface area (Å²) in [6.45, 7) is -0.105. The first-order valence-electron chi connectivity index (χ1n) is 14.8. The van der Waals surface area contributed by atoms with Crippen LogP contribution in [0.15, 0.2) is 91.3 Å². The molecule has 220 valence electrons. The van der Waals surface area contributed by atoms with Crippen molar-refractivity contribution in [2.45, 2.75) is 37.8 Å². The average Bonchev–Trinajstić information content (AvgIpc) is 3.39. The molecule has 7 rings (SSSR count). The van der Waals surface area contributed by atoms with E-state index in [1.807, 2.05) is 54.7 Å². The summed E-state index contributed by atoms with van der Waals surface area (Å²) in [5.41, 5.74) is 17.2. The van der Waals surface area contributed by atoms with Crippen LogP contribution in [-0.2, 0) is 9.53 Å². The minimum absolute atomic E-state index is 0.105. The van der Waals surface area contributed by atoms with Crippen molar-refractivity contribution in [1.29, 1.82) is 0 Å². The van der Waals surface area contributed by atoms with Crippen molar-refractivity contribution in [3.8, 4) is 16.9 Å². The van der Waals surface area contributed by atoms with Gasteiger partial charge >= 0.3 is 5.97 Å². The van der Waals surface area contributed by atoms with E-state index in [-0.39, 0.29) is 24.7 Å². The van der Waals surface area contributed by atoms with Gasteiger partial charge in [0.2, 0.25) is 5.91 Å². The first-order valence-corrected chi connectivity index (χ1v) is 14.8. The lowest BCUT2D eigenvalue weighted by molar-refractivity contribution is -0.148. The van der Waals surface area contributed by atoms with Crippen LogP contribution < -0.4 is 16.8 Å². The third-order valence-corrected chi connectivity index (χ3v) is 8.47. The highest BCUT2D eigenvalue weighted by Crippen LogP contribution is 2.40. The molecule has 0 aliphatic heterocycles. The predicted octanol–water partition coefficient (Wildman–Crippen LogP) is 5.72. The van der Waals surface area contributed by atoms with E-state index < -0.39 is 5.91 Å². The molecule has 44 heavy (non-hydrogen) atoms. The molecule has 1 fully saturated rings. The third-order valence-electron chi connectivity index (χ3n) is 8.47. The molecule has 0 atom stereocenters. The molecule has 1 aliphatic carbocycles. The number of hydrogen-bond acceptors (Lipinski definition) is 7. The Morgan fingerprint density at radius 3 is 2.57 bits per heavy atom. The predicted molar refractivity (Wildman–Crippen MR) is 173 cm³/mol. The van der Waals surface area contributed by atoms with Gasteiger partial charge in [0.05, 0.1) is 28.8 Å². The Hall–Kier alpha value is -5.28. The van der Waals surface area contributed by atoms with Crippen LogP contribution in [0.2, 0.25) is 0 Å². The number of nitrogens with one attached hydrogen (secondary N) is 1. The fourth-order valence-corrected chi connectivity index (χ4v) is 6.37. The molecule has 1 amide bonds. The molecule has 6 aromatic rings. The number of nitrogens with two attached hydrogens (primary N) is 2. The Balaban J connectivity index is 1.35. The number of carbonyl (C=O) groups excluding carboxylic acids is 2. The highest BCUT2D eigenvalue weighted by atomic mass is 16.5. The molecule has 0 spiro atoms. The van der Waals surface area contributed by atoms with Gasteiger partial charge < -0.3 is 21.5 Å². The molecule has 0 unspecified atom stereocenters. The molecule has 3 heterocycles. The lowest BCUT2D eigenvalue weighted by atomic mass is 9.92. The van der Waals surface area contributed by atoms with Crippen LogP contribution in [0.5, 0.6) is 0 Å². The van der Waals surface area contributed by atoms with E-state index in [1.165, 1.54) is 0 Å². The second-order valence-corrected chi connectivity index (χ2v) is 11.2. The smallest absolute Gasteiger partial charge is 0.319 e. The first kappa shape index (κ1) is 27.5. The monoisotopic (exact) mass is 584 g/mol. The van der Waals surface area contributed by atoms with Crippen molar-refractivity contribution in [3.63, 3.8) is 0 Å². The number of carbonyl (C=O) groups is 2. The van der Waals surface area contributed by atoms with Crippen molar-refractivity contribution in [3.05, 3.63) is 96.8 Å². The molecule has 0 saturated heterocycles. The van der Waals surface area contributed by atoms with Gasteiger partial charge in [0.1, 0.15) is 6.10 Å². The number of esters is 1. The van der Waals surface area contributed by atoms with E-state index in [1.54, 1.807) is 12.3 Å². The summed E-state index contributed by atoms with van der Waals surface area (Å²) in [7, 11) is 0. The maximum atomic E-state index is 12.3. The molecule has 1 aliphatic rings. The fourth-order valence-electron chi connectivity index (χ4n) is 6.37. The lowest BCUT2D eigenvalue weighted by Gasteiger charge is -2.30. The van der Waals surface area contributed by atoms with Crippen molar-refractivity contribution in [1.82, 2.24) is 14.5 Å². The van der Waals surface area contributed by atoms with Crippen molar-refractivity contribution in [2.24, 2.45) is 11.5 Å². The Morgan fingerprint density at radius 2 is 1.75 bits per heavy atom. The zero-order chi connectivity index (χ0) is 30.2. The molecule has 9 heteroatoms. The number of aromatic nitrogens is 3. The average molecular weight is 585 g/mol. The molecular weight excluding hydrogens is 552 g/mol. The number of nitrogens with zero attached hydrogens (tertiary/aromatic N) is 3. The van der Waals surface area contributed by atoms with Crippen LogP contribution in [0, 0.1) is 0 Å². The highest BCUT2D eigenvalue weighted by molar-refractivity contribution is 6.17. The number of fused-ring (bicyclic) bond motifs is 4. The fraction of sp³-hybridized carbons (Fsp3) is 0.200. The number of ether oxygens (including phenoxy) is 1. The zero-order valence-electron chi connectivity index (χ0n) is 24.1. The summed E-state index contributed by atoms with van der Waals surface area (Å²) in [6.07, 6.45) is 6.79. The number of hydrogen-bond donors (Lipinski definition) is 3. The Morgan fingerprint density at radius 1 is 0.909 bits per heavy atom. The van der Waals surface area contributed by atoms with E-state index in [0.29, 0.717) is 5.56 Å². The van der Waals surface area contributed by atoms with Crippen molar-refractivity contribution >= 4 is 50.3 Å². The van der Waals surface area contributed by atoms with Gasteiger partial charge in [-0.15, -0.1) is 0 Å². The first-order chi connectivity index (χ1) is 21.5. The van der Waals surface area contributed by atoms with Crippen LogP contribution in [-0.4, -0.2) is 45.1 Å². The Kier molecular flexibility index (Phi) is 7.15. The largest absolute Gasteiger partial charge is 0.461 e. The van der Waals surface area contributed by atoms with Gasteiger partial charge in [0.25, 0.3) is 0 Å². The second kappa shape index (κ2) is 11.4. The number of benzene rings is 3. The third kappa shape index (κ3) is 5.01. The van der Waals surface area contributed by atoms with Crippen LogP contribution in [0.1, 0.15) is 36.0 Å². The summed E-state index contributed by atoms with van der Waals surface area (Å²) in [6, 6.07) is 26.1. The summed E-state index contributed by atoms with van der Waals surface area (Å²) in [5, 5.41) is 6.79. The summed E-state index contributed by atoms with van der Waals surface area (Å²) in [5.74, 6) is -0.134. The maximum absolute atomic E-state index is 12.3. The number of primary amides is 1. The minimum Gasteiger partial charge on any atom is -0.461 e. The molecule has 5 N–H and O–H groups in total. The van der Waals surface area contributed by atoms with Crippen LogP contribution >= 0.6 is 0 Å². The number of amides is 1. The topological polar surface area (TPSA) is 138 Å². The van der Waals surface area contributed by atoms with Gasteiger partial charge in [0.15, 0.2) is 5.82 Å². The van der Waals surface area contributed by atoms with Gasteiger partial charge in [0, 0.05) is 45.7 Å². The van der Waals surface area contributed by atoms with Gasteiger partial charge in [-0.05, 0) is 73.7 Å². The SMILES string of the molecule is NCC(=O)OC1CCC(Nc2cccnc2-n2c3cc(C(N)=O)ccc3c3c(-c4cnc5ccccc5c4)cccc32)CC1. The normalized spacial score (nSPS) is 16.8. The summed E-state index contributed by atoms with van der Waals surface area (Å²) < 4.78 is 7.57. The standard InChI is InChI=1S/C35H32N6O3/c36-19-32(42)44-25-13-11-24(12-14-25)40-29-8-4-16-38-35(29)41-30-9-3-6-26(23-17-21-5-1-2-7-28(21)39-20-23)33(30)27-15-10-22(34(37)43)18-31(27)41/h1-10,15-18,20,24-25,40H,11-14,19,36H2,(H2,37,43). The minimum atomic E-state index is -0.492. The molecular formula is C35H32N6O3. The number of pyridine rings is 2. The zero-order valence-corrected chi connectivity index (χ0v) is 24.1. The number of para-hydroxylation sites is 1. The molecule has 0 radical (unpaired) electrons. The van der Waals surface area contributed by atoms with E-state index in [2.05, 4.69) is 34.1 Å². The van der Waals surface area contributed by atoms with E-state index in [0.717, 1.165) is 81.0 Å². The summed E-state index contributed by atoms with van der Waals surface area (Å²) >= 11 is 0. The van der Waals surface area contributed by atoms with Crippen molar-refractivity contribution in [2.75, 3.05) is 11.9 Å². The van der Waals surface area contributed by atoms with Gasteiger partial charge in [-0.3, -0.25) is 19.1 Å². The number of rotatable bonds is 7. The van der Waals surface area contributed by atoms with E-state index in [4.69, 9.17) is 26.2 Å². The second-order valence-electron chi connectivity index (χ2n) is 11.2. The molecule has 0 bridgehead atoms. The maximum Gasteiger partial charge on any atom is 0.319 e. The van der Waals surface area contributed by atoms with Gasteiger partial charge in [-0.25, -0.2) is 4.98 Å². The Labute approximate surface area is 253 Å². The summed E-state index contributed by atoms with van der Waals surface area (Å²) in [4.78, 5) is 33.6. The number of anilines is 1. The van der Waals surface area contributed by atoms with E-state index in [9.17, 15) is 9.59 Å². The molecule has 9 nitrogen and oxygen atoms in total. The quantitative estimate of drug-likeness (QED) is 0.204. The van der Waals surface area contributed by atoms with Crippen molar-refractivity contribution < 1.29 is 14.3 Å². The Bertz CT molecular complexity index is 2040.